The van der Waals surface area contributed by atoms with Crippen LogP contribution in [0.15, 0.2) is 0 Å². The van der Waals surface area contributed by atoms with E-state index in [1.807, 2.05) is 11.8 Å². The van der Waals surface area contributed by atoms with Crippen molar-refractivity contribution in [2.24, 2.45) is 5.41 Å². The fourth-order valence-electron chi connectivity index (χ4n) is 0.856. The molecule has 1 saturated heterocycles. The number of hydrogen-bond acceptors (Lipinski definition) is 2. The second-order valence-corrected chi connectivity index (χ2v) is 4.34. The van der Waals surface area contributed by atoms with Gasteiger partial charge in [-0.25, -0.2) is 0 Å². The molecule has 0 aromatic heterocycles. The summed E-state index contributed by atoms with van der Waals surface area (Å²) >= 11 is 1.90. The minimum absolute atomic E-state index is 0.420. The van der Waals surface area contributed by atoms with E-state index in [4.69, 9.17) is 4.74 Å². The van der Waals surface area contributed by atoms with E-state index in [1.54, 1.807) is 0 Å². The van der Waals surface area contributed by atoms with Gasteiger partial charge < -0.3 is 4.74 Å². The molecule has 0 atom stereocenters. The van der Waals surface area contributed by atoms with E-state index in [0.29, 0.717) is 5.41 Å². The van der Waals surface area contributed by atoms with E-state index in [9.17, 15) is 0 Å². The van der Waals surface area contributed by atoms with Crippen LogP contribution in [0.4, 0.5) is 0 Å². The number of hydrogen-bond donors (Lipinski definition) is 0. The molecule has 0 radical (unpaired) electrons. The summed E-state index contributed by atoms with van der Waals surface area (Å²) in [5.74, 6) is 2.15. The molecule has 0 aromatic carbocycles. The van der Waals surface area contributed by atoms with Crippen LogP contribution in [-0.2, 0) is 4.74 Å². The molecule has 0 spiro atoms. The highest BCUT2D eigenvalue weighted by Crippen LogP contribution is 2.26. The summed E-state index contributed by atoms with van der Waals surface area (Å²) < 4.78 is 5.37. The van der Waals surface area contributed by atoms with Crippen LogP contribution < -0.4 is 0 Å². The first-order valence-electron chi connectivity index (χ1n) is 3.36. The molecule has 1 rings (SSSR count). The van der Waals surface area contributed by atoms with Gasteiger partial charge >= 0.3 is 0 Å². The quantitative estimate of drug-likeness (QED) is 0.517. The molecule has 9 heavy (non-hydrogen) atoms. The Labute approximate surface area is 61.2 Å². The molecule has 1 aliphatic rings. The Morgan fingerprint density at radius 3 is 3.00 bits per heavy atom. The Balaban J connectivity index is 2.36. The van der Waals surface area contributed by atoms with E-state index in [0.717, 1.165) is 12.5 Å². The molecule has 1 fully saturated rings. The maximum absolute atomic E-state index is 5.37. The van der Waals surface area contributed by atoms with Crippen molar-refractivity contribution < 1.29 is 4.74 Å². The summed E-state index contributed by atoms with van der Waals surface area (Å²) in [5.41, 5.74) is 0.420. The van der Waals surface area contributed by atoms with Crippen LogP contribution in [0.5, 0.6) is 0 Å². The van der Waals surface area contributed by atoms with E-state index < -0.39 is 0 Å². The van der Waals surface area contributed by atoms with E-state index in [2.05, 4.69) is 13.8 Å². The molecule has 0 amide bonds. The fraction of sp³-hybridized carbons (Fsp3) is 1.00. The smallest absolute Gasteiger partial charge is 0.0921 e. The van der Waals surface area contributed by atoms with E-state index >= 15 is 0 Å². The summed E-state index contributed by atoms with van der Waals surface area (Å²) in [6.07, 6.45) is 1.29. The molecule has 2 heteroatoms. The number of rotatable bonds is 0. The van der Waals surface area contributed by atoms with Crippen molar-refractivity contribution in [3.05, 3.63) is 0 Å². The lowest BCUT2D eigenvalue weighted by Crippen LogP contribution is -2.17. The predicted octanol–water partition coefficient (Wildman–Crippen LogP) is 2.12. The van der Waals surface area contributed by atoms with Gasteiger partial charge in [-0.05, 0) is 17.6 Å². The normalized spacial score (nSPS) is 27.3. The summed E-state index contributed by atoms with van der Waals surface area (Å²) in [6, 6.07) is 0. The van der Waals surface area contributed by atoms with Gasteiger partial charge in [-0.1, -0.05) is 13.8 Å². The lowest BCUT2D eigenvalue weighted by atomic mass is 9.92. The average molecular weight is 146 g/mol. The first-order valence-corrected chi connectivity index (χ1v) is 4.52. The highest BCUT2D eigenvalue weighted by atomic mass is 32.2. The first kappa shape index (κ1) is 7.42. The Morgan fingerprint density at radius 2 is 2.22 bits per heavy atom. The largest absolute Gasteiger partial charge is 0.370 e. The van der Waals surface area contributed by atoms with Gasteiger partial charge in [-0.3, -0.25) is 0 Å². The van der Waals surface area contributed by atoms with Gasteiger partial charge in [0.25, 0.3) is 0 Å². The molecule has 0 aromatic rings. The number of ether oxygens (including phenoxy) is 1. The molecule has 1 heterocycles. The first-order chi connectivity index (χ1) is 4.21. The van der Waals surface area contributed by atoms with Crippen molar-refractivity contribution >= 4 is 11.8 Å². The molecule has 0 saturated carbocycles. The molecule has 1 nitrogen and oxygen atoms in total. The van der Waals surface area contributed by atoms with Crippen LogP contribution in [0.1, 0.15) is 20.3 Å². The van der Waals surface area contributed by atoms with Gasteiger partial charge in [0, 0.05) is 0 Å². The third-order valence-electron chi connectivity index (χ3n) is 1.58. The molecule has 54 valence electrons. The van der Waals surface area contributed by atoms with E-state index in [-0.39, 0.29) is 0 Å². The Kier molecular flexibility index (Phi) is 2.42. The zero-order valence-electron chi connectivity index (χ0n) is 6.14. The molecule has 0 unspecified atom stereocenters. The van der Waals surface area contributed by atoms with Gasteiger partial charge in [0.05, 0.1) is 12.5 Å². The van der Waals surface area contributed by atoms with Crippen LogP contribution in [0, 0.1) is 5.41 Å². The molecular formula is C7H14OS. The van der Waals surface area contributed by atoms with Crippen molar-refractivity contribution in [3.8, 4) is 0 Å². The third kappa shape index (κ3) is 2.59. The zero-order chi connectivity index (χ0) is 6.74. The maximum atomic E-state index is 5.37. The van der Waals surface area contributed by atoms with Crippen LogP contribution in [0.2, 0.25) is 0 Å². The zero-order valence-corrected chi connectivity index (χ0v) is 6.96. The average Bonchev–Trinajstić information content (AvgIpc) is 1.92. The number of thioether (sulfide) groups is 1. The minimum Gasteiger partial charge on any atom is -0.370 e. The van der Waals surface area contributed by atoms with Crippen LogP contribution >= 0.6 is 11.8 Å². The molecule has 1 aliphatic heterocycles. The van der Waals surface area contributed by atoms with Gasteiger partial charge in [-0.2, -0.15) is 0 Å². The monoisotopic (exact) mass is 146 g/mol. The van der Waals surface area contributed by atoms with Crippen molar-refractivity contribution in [2.45, 2.75) is 20.3 Å². The molecule has 0 bridgehead atoms. The third-order valence-corrected chi connectivity index (χ3v) is 2.41. The van der Waals surface area contributed by atoms with Crippen LogP contribution in [0.3, 0.4) is 0 Å². The summed E-state index contributed by atoms with van der Waals surface area (Å²) in [5, 5.41) is 0. The minimum atomic E-state index is 0.420. The summed E-state index contributed by atoms with van der Waals surface area (Å²) in [7, 11) is 0. The molecular weight excluding hydrogens is 132 g/mol. The Morgan fingerprint density at radius 1 is 1.44 bits per heavy atom. The van der Waals surface area contributed by atoms with Crippen molar-refractivity contribution in [2.75, 3.05) is 18.3 Å². The summed E-state index contributed by atoms with van der Waals surface area (Å²) in [6.45, 7) is 5.46. The summed E-state index contributed by atoms with van der Waals surface area (Å²) in [4.78, 5) is 0. The fourth-order valence-corrected chi connectivity index (χ4v) is 1.87. The highest BCUT2D eigenvalue weighted by Gasteiger charge is 2.19. The van der Waals surface area contributed by atoms with Crippen molar-refractivity contribution in [3.63, 3.8) is 0 Å². The second-order valence-electron chi connectivity index (χ2n) is 3.29. The van der Waals surface area contributed by atoms with Gasteiger partial charge in [0.1, 0.15) is 0 Å². The topological polar surface area (TPSA) is 9.23 Å². The van der Waals surface area contributed by atoms with Crippen molar-refractivity contribution in [1.82, 2.24) is 0 Å². The molecule has 0 N–H and O–H groups in total. The van der Waals surface area contributed by atoms with Crippen LogP contribution in [0.25, 0.3) is 0 Å². The Hall–Kier alpha value is 0.310. The van der Waals surface area contributed by atoms with Crippen LogP contribution in [-0.4, -0.2) is 18.3 Å². The van der Waals surface area contributed by atoms with Gasteiger partial charge in [0.15, 0.2) is 0 Å². The SMILES string of the molecule is CC1(C)CCSCOC1. The second kappa shape index (κ2) is 2.93. The lowest BCUT2D eigenvalue weighted by Gasteiger charge is -2.19. The van der Waals surface area contributed by atoms with Crippen molar-refractivity contribution in [1.29, 1.82) is 0 Å². The van der Waals surface area contributed by atoms with Gasteiger partial charge in [0.2, 0.25) is 0 Å². The van der Waals surface area contributed by atoms with E-state index in [1.165, 1.54) is 12.2 Å². The maximum Gasteiger partial charge on any atom is 0.0921 e. The standard InChI is InChI=1S/C7H14OS/c1-7(2)3-4-9-6-8-5-7/h3-6H2,1-2H3. The van der Waals surface area contributed by atoms with Gasteiger partial charge in [-0.15, -0.1) is 11.8 Å². The Bertz CT molecular complexity index is 80.9. The predicted molar refractivity (Wildman–Crippen MR) is 41.7 cm³/mol. The highest BCUT2D eigenvalue weighted by molar-refractivity contribution is 7.99. The molecule has 0 aliphatic carbocycles. The lowest BCUT2D eigenvalue weighted by molar-refractivity contribution is 0.0983.